The molecule has 3 aliphatic rings. The quantitative estimate of drug-likeness (QED) is 0.170. The lowest BCUT2D eigenvalue weighted by Crippen LogP contribution is -2.46. The molecule has 0 amide bonds. The number of pyridine rings is 1. The maximum absolute atomic E-state index is 13.1. The molecule has 3 aromatic rings. The molecular weight excluding hydrogens is 515 g/mol. The molecule has 1 unspecified atom stereocenters. The third kappa shape index (κ3) is 5.25. The molecule has 3 N–H and O–H groups in total. The van der Waals surface area contributed by atoms with Gasteiger partial charge < -0.3 is 29.8 Å². The molecule has 4 heterocycles. The van der Waals surface area contributed by atoms with E-state index < -0.39 is 6.36 Å². The van der Waals surface area contributed by atoms with Crippen molar-refractivity contribution in [2.45, 2.75) is 75.6 Å². The fourth-order valence-electron chi connectivity index (χ4n) is 5.80. The first-order valence-electron chi connectivity index (χ1n) is 13.0. The molecule has 0 radical (unpaired) electrons. The molecule has 6 rings (SSSR count). The number of alkyl halides is 3. The molecule has 2 aliphatic heterocycles. The van der Waals surface area contributed by atoms with E-state index in [1.807, 2.05) is 6.07 Å². The number of oxime groups is 1. The number of anilines is 1. The summed E-state index contributed by atoms with van der Waals surface area (Å²) >= 11 is 0. The van der Waals surface area contributed by atoms with Crippen molar-refractivity contribution in [2.24, 2.45) is 10.9 Å². The van der Waals surface area contributed by atoms with Crippen LogP contribution < -0.4 is 15.4 Å². The van der Waals surface area contributed by atoms with Gasteiger partial charge in [0, 0.05) is 40.9 Å². The third-order valence-electron chi connectivity index (χ3n) is 7.70. The molecule has 12 heteroatoms. The normalized spacial score (nSPS) is 23.3. The predicted molar refractivity (Wildman–Crippen MR) is 134 cm³/mol. The Balaban J connectivity index is 1.18. The van der Waals surface area contributed by atoms with Gasteiger partial charge in [-0.1, -0.05) is 22.4 Å². The Hall–Kier alpha value is -3.80. The van der Waals surface area contributed by atoms with Crippen molar-refractivity contribution < 1.29 is 32.4 Å². The predicted octanol–water partition coefficient (Wildman–Crippen LogP) is 5.32. The lowest BCUT2D eigenvalue weighted by Gasteiger charge is -2.39. The van der Waals surface area contributed by atoms with E-state index in [2.05, 4.69) is 24.9 Å². The van der Waals surface area contributed by atoms with Crippen LogP contribution in [0.25, 0.3) is 11.3 Å². The lowest BCUT2D eigenvalue weighted by atomic mass is 9.99. The molecule has 2 saturated heterocycles. The van der Waals surface area contributed by atoms with Gasteiger partial charge in [-0.15, -0.1) is 13.2 Å². The van der Waals surface area contributed by atoms with E-state index >= 15 is 0 Å². The third-order valence-corrected chi connectivity index (χ3v) is 7.70. The van der Waals surface area contributed by atoms with Gasteiger partial charge in [-0.25, -0.2) is 4.98 Å². The van der Waals surface area contributed by atoms with Crippen molar-refractivity contribution in [3.8, 4) is 17.0 Å². The number of nitrogens with zero attached hydrogens (tertiary/aromatic N) is 4. The zero-order valence-electron chi connectivity index (χ0n) is 21.0. The molecule has 206 valence electrons. The van der Waals surface area contributed by atoms with E-state index in [9.17, 15) is 13.2 Å². The minimum absolute atomic E-state index is 0.00962. The first-order valence-corrected chi connectivity index (χ1v) is 13.0. The Morgan fingerprint density at radius 1 is 1.10 bits per heavy atom. The Kier molecular flexibility index (Phi) is 6.57. The first kappa shape index (κ1) is 25.5. The van der Waals surface area contributed by atoms with Crippen molar-refractivity contribution in [3.05, 3.63) is 59.5 Å². The second-order valence-corrected chi connectivity index (χ2v) is 10.3. The Bertz CT molecular complexity index is 1340. The second-order valence-electron chi connectivity index (χ2n) is 10.3. The number of benzene rings is 1. The van der Waals surface area contributed by atoms with Crippen LogP contribution in [0.15, 0.2) is 52.3 Å². The summed E-state index contributed by atoms with van der Waals surface area (Å²) in [5.41, 5.74) is 7.44. The number of amidine groups is 1. The van der Waals surface area contributed by atoms with Crippen LogP contribution in [0.2, 0.25) is 0 Å². The number of halogens is 3. The molecule has 0 spiro atoms. The number of hydrogen-bond donors (Lipinski definition) is 2. The smallest absolute Gasteiger partial charge is 0.409 e. The van der Waals surface area contributed by atoms with E-state index in [1.54, 1.807) is 24.4 Å². The summed E-state index contributed by atoms with van der Waals surface area (Å²) in [6.45, 7) is 0.196. The largest absolute Gasteiger partial charge is 0.573 e. The van der Waals surface area contributed by atoms with Crippen molar-refractivity contribution in [3.63, 3.8) is 0 Å². The molecule has 2 aromatic heterocycles. The summed E-state index contributed by atoms with van der Waals surface area (Å²) in [5.74, 6) is 1.42. The Labute approximate surface area is 222 Å². The lowest BCUT2D eigenvalue weighted by molar-refractivity contribution is -0.274. The first-order chi connectivity index (χ1) is 18.8. The number of piperidine rings is 1. The van der Waals surface area contributed by atoms with Gasteiger partial charge in [0.05, 0.1) is 12.7 Å². The number of rotatable bonds is 8. The van der Waals surface area contributed by atoms with Crippen LogP contribution in [0.3, 0.4) is 0 Å². The van der Waals surface area contributed by atoms with Crippen molar-refractivity contribution in [1.29, 1.82) is 0 Å². The monoisotopic (exact) mass is 543 g/mol. The summed E-state index contributed by atoms with van der Waals surface area (Å²) in [6.07, 6.45) is 2.28. The average Bonchev–Trinajstić information content (AvgIpc) is 3.62. The highest BCUT2D eigenvalue weighted by Crippen LogP contribution is 2.46. The van der Waals surface area contributed by atoms with E-state index in [0.717, 1.165) is 44.3 Å². The molecule has 9 nitrogen and oxygen atoms in total. The van der Waals surface area contributed by atoms with E-state index in [0.29, 0.717) is 22.6 Å². The number of nitrogens with two attached hydrogens (primary N) is 1. The maximum atomic E-state index is 13.1. The number of aromatic nitrogens is 2. The summed E-state index contributed by atoms with van der Waals surface area (Å²) in [7, 11) is 0. The molecular formula is C27H28F3N5O4. The molecule has 1 aromatic carbocycles. The minimum Gasteiger partial charge on any atom is -0.409 e. The fourth-order valence-corrected chi connectivity index (χ4v) is 5.80. The number of ether oxygens (including phenoxy) is 2. The summed E-state index contributed by atoms with van der Waals surface area (Å²) < 4.78 is 55.5. The van der Waals surface area contributed by atoms with Crippen LogP contribution in [0.1, 0.15) is 61.3 Å². The van der Waals surface area contributed by atoms with Crippen LogP contribution in [0.5, 0.6) is 5.75 Å². The van der Waals surface area contributed by atoms with Crippen LogP contribution in [-0.4, -0.2) is 45.7 Å². The standard InChI is InChI=1S/C27H28F3N5O4/c28-27(29,30)38-22-4-2-1-3-20(22)24-21(25(39-34-24)15-5-6-15)14-37-19-11-17-8-9-18(12-19)35(17)23-10-7-16(13-32-23)26(31)33-36/h1-4,7,10,13,15,17-19,36H,5-6,8-9,11-12,14H2,(H2,31,33)/t17-,18+,19?. The topological polar surface area (TPSA) is 119 Å². The number of para-hydroxylation sites is 1. The van der Waals surface area contributed by atoms with Gasteiger partial charge >= 0.3 is 6.36 Å². The van der Waals surface area contributed by atoms with Crippen molar-refractivity contribution in [2.75, 3.05) is 4.90 Å². The van der Waals surface area contributed by atoms with Gasteiger partial charge in [0.2, 0.25) is 0 Å². The highest BCUT2D eigenvalue weighted by Gasteiger charge is 2.42. The zero-order chi connectivity index (χ0) is 27.1. The van der Waals surface area contributed by atoms with Crippen LogP contribution in [0.4, 0.5) is 19.0 Å². The summed E-state index contributed by atoms with van der Waals surface area (Å²) in [6, 6.07) is 10.1. The summed E-state index contributed by atoms with van der Waals surface area (Å²) in [5, 5.41) is 16.1. The Morgan fingerprint density at radius 2 is 1.85 bits per heavy atom. The van der Waals surface area contributed by atoms with Crippen molar-refractivity contribution >= 4 is 11.7 Å². The van der Waals surface area contributed by atoms with Gasteiger partial charge in [-0.2, -0.15) is 0 Å². The van der Waals surface area contributed by atoms with E-state index in [1.165, 1.54) is 12.1 Å². The van der Waals surface area contributed by atoms with E-state index in [-0.39, 0.29) is 47.9 Å². The van der Waals surface area contributed by atoms with Crippen LogP contribution in [0, 0.1) is 0 Å². The molecule has 2 bridgehead atoms. The fraction of sp³-hybridized carbons (Fsp3) is 0.444. The highest BCUT2D eigenvalue weighted by atomic mass is 19.4. The van der Waals surface area contributed by atoms with E-state index in [4.69, 9.17) is 20.2 Å². The van der Waals surface area contributed by atoms with Crippen molar-refractivity contribution in [1.82, 2.24) is 10.1 Å². The highest BCUT2D eigenvalue weighted by molar-refractivity contribution is 5.96. The SMILES string of the molecule is NC(=NO)c1ccc(N2[C@@H]3CC[C@H]2CC(OCc2c(-c4ccccc4OC(F)(F)F)noc2C2CC2)C3)nc1. The molecule has 3 atom stereocenters. The number of hydrogen-bond acceptors (Lipinski definition) is 8. The molecule has 3 fully saturated rings. The van der Waals surface area contributed by atoms with Crippen LogP contribution >= 0.6 is 0 Å². The molecule has 39 heavy (non-hydrogen) atoms. The zero-order valence-corrected chi connectivity index (χ0v) is 21.0. The average molecular weight is 544 g/mol. The second kappa shape index (κ2) is 10.1. The van der Waals surface area contributed by atoms with Crippen LogP contribution in [-0.2, 0) is 11.3 Å². The van der Waals surface area contributed by atoms with Gasteiger partial charge in [0.15, 0.2) is 5.84 Å². The maximum Gasteiger partial charge on any atom is 0.573 e. The molecule has 1 aliphatic carbocycles. The van der Waals surface area contributed by atoms with Gasteiger partial charge in [-0.3, -0.25) is 0 Å². The minimum atomic E-state index is -4.82. The van der Waals surface area contributed by atoms with Gasteiger partial charge in [0.1, 0.15) is 23.0 Å². The molecule has 1 saturated carbocycles. The van der Waals surface area contributed by atoms with Gasteiger partial charge in [0.25, 0.3) is 0 Å². The van der Waals surface area contributed by atoms with Gasteiger partial charge in [-0.05, 0) is 62.8 Å². The summed E-state index contributed by atoms with van der Waals surface area (Å²) in [4.78, 5) is 6.86. The number of fused-ring (bicyclic) bond motifs is 2. The Morgan fingerprint density at radius 3 is 2.49 bits per heavy atom.